The van der Waals surface area contributed by atoms with Crippen molar-refractivity contribution in [2.75, 3.05) is 20.2 Å². The molecule has 0 bridgehead atoms. The molecular weight excluding hydrogens is 306 g/mol. The molecule has 1 aliphatic heterocycles. The molecule has 19 heavy (non-hydrogen) atoms. The van der Waals surface area contributed by atoms with E-state index in [4.69, 9.17) is 4.74 Å². The van der Waals surface area contributed by atoms with E-state index < -0.39 is 5.60 Å². The van der Waals surface area contributed by atoms with Crippen LogP contribution in [0.2, 0.25) is 0 Å². The van der Waals surface area contributed by atoms with Crippen LogP contribution in [0.4, 0.5) is 0 Å². The number of halogens is 1. The van der Waals surface area contributed by atoms with E-state index in [-0.39, 0.29) is 0 Å². The van der Waals surface area contributed by atoms with E-state index in [9.17, 15) is 5.11 Å². The number of rotatable bonds is 4. The van der Waals surface area contributed by atoms with Crippen molar-refractivity contribution in [2.45, 2.75) is 31.8 Å². The fraction of sp³-hybridized carbons (Fsp3) is 0.600. The highest BCUT2D eigenvalue weighted by Gasteiger charge is 2.38. The molecule has 1 heterocycles. The smallest absolute Gasteiger partial charge is 0.119 e. The Morgan fingerprint density at radius 1 is 1.53 bits per heavy atom. The molecule has 2 N–H and O–H groups in total. The summed E-state index contributed by atoms with van der Waals surface area (Å²) in [6.45, 7) is 3.92. The molecule has 1 aliphatic rings. The fourth-order valence-corrected chi connectivity index (χ4v) is 3.26. The highest BCUT2D eigenvalue weighted by atomic mass is 79.9. The van der Waals surface area contributed by atoms with Gasteiger partial charge < -0.3 is 15.2 Å². The van der Waals surface area contributed by atoms with Crippen LogP contribution in [0.3, 0.4) is 0 Å². The molecular formula is C15H22BrNO2. The maximum Gasteiger partial charge on any atom is 0.119 e. The standard InChI is InChI=1S/C15H22BrNO2/c1-3-12-10-17-7-6-15(12,18)9-11-8-13(19-2)4-5-14(11)16/h4-5,8,12,17-18H,3,6-7,9-10H2,1-2H3. The van der Waals surface area contributed by atoms with Crippen LogP contribution < -0.4 is 10.1 Å². The van der Waals surface area contributed by atoms with Gasteiger partial charge in [-0.15, -0.1) is 0 Å². The van der Waals surface area contributed by atoms with Crippen LogP contribution in [0.5, 0.6) is 5.75 Å². The molecule has 0 aliphatic carbocycles. The van der Waals surface area contributed by atoms with Gasteiger partial charge in [0.15, 0.2) is 0 Å². The molecule has 1 fully saturated rings. The van der Waals surface area contributed by atoms with Gasteiger partial charge in [-0.1, -0.05) is 22.9 Å². The Kier molecular flexibility index (Phi) is 4.87. The summed E-state index contributed by atoms with van der Waals surface area (Å²) in [5.74, 6) is 1.14. The molecule has 0 spiro atoms. The summed E-state index contributed by atoms with van der Waals surface area (Å²) in [4.78, 5) is 0. The molecule has 0 saturated carbocycles. The van der Waals surface area contributed by atoms with Crippen LogP contribution >= 0.6 is 15.9 Å². The van der Waals surface area contributed by atoms with E-state index in [0.29, 0.717) is 12.3 Å². The first-order chi connectivity index (χ1) is 9.09. The second kappa shape index (κ2) is 6.25. The van der Waals surface area contributed by atoms with Gasteiger partial charge in [0.1, 0.15) is 5.75 Å². The first-order valence-electron chi connectivity index (χ1n) is 6.84. The fourth-order valence-electron chi connectivity index (χ4n) is 2.88. The molecule has 2 rings (SSSR count). The van der Waals surface area contributed by atoms with Gasteiger partial charge in [0, 0.05) is 23.4 Å². The maximum atomic E-state index is 11.0. The molecule has 2 unspecified atom stereocenters. The van der Waals surface area contributed by atoms with Gasteiger partial charge in [-0.25, -0.2) is 0 Å². The highest BCUT2D eigenvalue weighted by Crippen LogP contribution is 2.34. The number of piperidine rings is 1. The van der Waals surface area contributed by atoms with Crippen molar-refractivity contribution >= 4 is 15.9 Å². The third-order valence-corrected chi connectivity index (χ3v) is 4.90. The number of hydrogen-bond donors (Lipinski definition) is 2. The molecule has 0 aromatic heterocycles. The van der Waals surface area contributed by atoms with Crippen LogP contribution in [-0.2, 0) is 6.42 Å². The minimum Gasteiger partial charge on any atom is -0.497 e. The minimum atomic E-state index is -0.616. The topological polar surface area (TPSA) is 41.5 Å². The summed E-state index contributed by atoms with van der Waals surface area (Å²) in [7, 11) is 1.67. The number of ether oxygens (including phenoxy) is 1. The van der Waals surface area contributed by atoms with Gasteiger partial charge in [0.25, 0.3) is 0 Å². The number of methoxy groups -OCH3 is 1. The molecule has 0 radical (unpaired) electrons. The van der Waals surface area contributed by atoms with Crippen molar-refractivity contribution in [1.29, 1.82) is 0 Å². The Labute approximate surface area is 123 Å². The third-order valence-electron chi connectivity index (χ3n) is 4.13. The first-order valence-corrected chi connectivity index (χ1v) is 7.64. The molecule has 3 nitrogen and oxygen atoms in total. The van der Waals surface area contributed by atoms with Crippen LogP contribution in [0.1, 0.15) is 25.3 Å². The Balaban J connectivity index is 2.23. The van der Waals surface area contributed by atoms with E-state index in [1.165, 1.54) is 0 Å². The van der Waals surface area contributed by atoms with E-state index in [2.05, 4.69) is 28.2 Å². The van der Waals surface area contributed by atoms with Crippen molar-refractivity contribution in [1.82, 2.24) is 5.32 Å². The number of hydrogen-bond acceptors (Lipinski definition) is 3. The van der Waals surface area contributed by atoms with Crippen LogP contribution in [0.25, 0.3) is 0 Å². The van der Waals surface area contributed by atoms with Gasteiger partial charge >= 0.3 is 0 Å². The first kappa shape index (κ1) is 14.8. The lowest BCUT2D eigenvalue weighted by Crippen LogP contribution is -2.51. The maximum absolute atomic E-state index is 11.0. The Hall–Kier alpha value is -0.580. The molecule has 2 atom stereocenters. The number of nitrogens with one attached hydrogen (secondary N) is 1. The molecule has 1 saturated heterocycles. The van der Waals surface area contributed by atoms with Crippen molar-refractivity contribution in [3.8, 4) is 5.75 Å². The largest absolute Gasteiger partial charge is 0.497 e. The Morgan fingerprint density at radius 2 is 2.32 bits per heavy atom. The summed E-state index contributed by atoms with van der Waals surface area (Å²) in [5, 5.41) is 14.3. The Bertz CT molecular complexity index is 438. The number of benzene rings is 1. The van der Waals surface area contributed by atoms with Crippen molar-refractivity contribution in [3.05, 3.63) is 28.2 Å². The van der Waals surface area contributed by atoms with Gasteiger partial charge in [-0.3, -0.25) is 0 Å². The van der Waals surface area contributed by atoms with Crippen molar-refractivity contribution < 1.29 is 9.84 Å². The van der Waals surface area contributed by atoms with Gasteiger partial charge in [0.2, 0.25) is 0 Å². The molecule has 4 heteroatoms. The lowest BCUT2D eigenvalue weighted by molar-refractivity contribution is -0.0415. The highest BCUT2D eigenvalue weighted by molar-refractivity contribution is 9.10. The monoisotopic (exact) mass is 327 g/mol. The van der Waals surface area contributed by atoms with E-state index in [1.54, 1.807) is 7.11 Å². The van der Waals surface area contributed by atoms with Crippen LogP contribution in [0.15, 0.2) is 22.7 Å². The SMILES string of the molecule is CCC1CNCCC1(O)Cc1cc(OC)ccc1Br. The Morgan fingerprint density at radius 3 is 3.00 bits per heavy atom. The second-order valence-corrected chi connectivity index (χ2v) is 6.15. The van der Waals surface area contributed by atoms with E-state index >= 15 is 0 Å². The van der Waals surface area contributed by atoms with Gasteiger partial charge in [0.05, 0.1) is 12.7 Å². The minimum absolute atomic E-state index is 0.305. The summed E-state index contributed by atoms with van der Waals surface area (Å²) in [5.41, 5.74) is 0.497. The second-order valence-electron chi connectivity index (χ2n) is 5.30. The van der Waals surface area contributed by atoms with Crippen molar-refractivity contribution in [3.63, 3.8) is 0 Å². The normalized spacial score (nSPS) is 27.3. The summed E-state index contributed by atoms with van der Waals surface area (Å²) in [6.07, 6.45) is 2.46. The molecule has 106 valence electrons. The predicted octanol–water partition coefficient (Wildman–Crippen LogP) is 2.75. The zero-order valence-electron chi connectivity index (χ0n) is 11.6. The lowest BCUT2D eigenvalue weighted by Gasteiger charge is -2.40. The number of aliphatic hydroxyl groups is 1. The lowest BCUT2D eigenvalue weighted by atomic mass is 9.76. The van der Waals surface area contributed by atoms with E-state index in [0.717, 1.165) is 41.7 Å². The van der Waals surface area contributed by atoms with Crippen molar-refractivity contribution in [2.24, 2.45) is 5.92 Å². The zero-order valence-corrected chi connectivity index (χ0v) is 13.2. The van der Waals surface area contributed by atoms with Gasteiger partial charge in [-0.2, -0.15) is 0 Å². The summed E-state index contributed by atoms with van der Waals surface area (Å²) >= 11 is 3.57. The average Bonchev–Trinajstić information content (AvgIpc) is 2.41. The molecule has 1 aromatic carbocycles. The average molecular weight is 328 g/mol. The van der Waals surface area contributed by atoms with Gasteiger partial charge in [-0.05, 0) is 43.1 Å². The van der Waals surface area contributed by atoms with E-state index in [1.807, 2.05) is 18.2 Å². The van der Waals surface area contributed by atoms with Crippen LogP contribution in [0, 0.1) is 5.92 Å². The summed E-state index contributed by atoms with van der Waals surface area (Å²) < 4.78 is 6.31. The predicted molar refractivity (Wildman–Crippen MR) is 80.6 cm³/mol. The quantitative estimate of drug-likeness (QED) is 0.893. The molecule has 0 amide bonds. The zero-order chi connectivity index (χ0) is 13.9. The third kappa shape index (κ3) is 3.30. The summed E-state index contributed by atoms with van der Waals surface area (Å²) in [6, 6.07) is 5.92. The van der Waals surface area contributed by atoms with Crippen LogP contribution in [-0.4, -0.2) is 30.9 Å². The molecule has 1 aromatic rings.